The summed E-state index contributed by atoms with van der Waals surface area (Å²) in [7, 11) is 0. The lowest BCUT2D eigenvalue weighted by Crippen LogP contribution is -2.43. The zero-order valence-electron chi connectivity index (χ0n) is 17.8. The number of fused-ring (bicyclic) bond motifs is 2. The number of aromatic amines is 1. The largest absolute Gasteiger partial charge is 0.358 e. The van der Waals surface area contributed by atoms with Gasteiger partial charge in [-0.1, -0.05) is 6.42 Å². The molecular weight excluding hydrogens is 395 g/mol. The van der Waals surface area contributed by atoms with E-state index in [9.17, 15) is 14.0 Å². The van der Waals surface area contributed by atoms with Gasteiger partial charge in [0.15, 0.2) is 0 Å². The number of carbonyl (C=O) groups excluding carboxylic acids is 2. The molecule has 31 heavy (non-hydrogen) atoms. The van der Waals surface area contributed by atoms with E-state index < -0.39 is 0 Å². The number of piperidine rings is 1. The van der Waals surface area contributed by atoms with Gasteiger partial charge < -0.3 is 20.1 Å². The molecule has 1 saturated heterocycles. The molecule has 1 aromatic carbocycles. The number of hydrogen-bond acceptors (Lipinski definition) is 3. The Bertz CT molecular complexity index is 1080. The Balaban J connectivity index is 1.39. The Kier molecular flexibility index (Phi) is 5.14. The Morgan fingerprint density at radius 1 is 1.10 bits per heavy atom. The highest BCUT2D eigenvalue weighted by Gasteiger charge is 2.30. The predicted octanol–water partition coefficient (Wildman–Crippen LogP) is 3.44. The Morgan fingerprint density at radius 3 is 2.71 bits per heavy atom. The van der Waals surface area contributed by atoms with Crippen molar-refractivity contribution in [2.45, 2.75) is 32.6 Å². The number of benzene rings is 1. The lowest BCUT2D eigenvalue weighted by atomic mass is 10.0. The van der Waals surface area contributed by atoms with E-state index in [-0.39, 0.29) is 17.6 Å². The number of likely N-dealkylation sites (tertiary alicyclic amines) is 1. The predicted molar refractivity (Wildman–Crippen MR) is 118 cm³/mol. The van der Waals surface area contributed by atoms with Crippen molar-refractivity contribution in [2.75, 3.05) is 38.0 Å². The van der Waals surface area contributed by atoms with Crippen molar-refractivity contribution in [3.05, 3.63) is 52.1 Å². The van der Waals surface area contributed by atoms with E-state index in [1.807, 2.05) is 11.8 Å². The van der Waals surface area contributed by atoms with Crippen molar-refractivity contribution in [2.24, 2.45) is 0 Å². The fourth-order valence-corrected chi connectivity index (χ4v) is 4.91. The molecular formula is C24H27FN4O2. The maximum absolute atomic E-state index is 13.7. The first kappa shape index (κ1) is 20.0. The number of hydrogen-bond donors (Lipinski definition) is 2. The highest BCUT2D eigenvalue weighted by Crippen LogP contribution is 2.35. The number of nitrogens with one attached hydrogen (secondary N) is 2. The van der Waals surface area contributed by atoms with Gasteiger partial charge in [0.1, 0.15) is 5.82 Å². The number of amides is 2. The van der Waals surface area contributed by atoms with Gasteiger partial charge in [-0.15, -0.1) is 0 Å². The minimum Gasteiger partial charge on any atom is -0.358 e. The fraction of sp³-hybridized carbons (Fsp3) is 0.417. The monoisotopic (exact) mass is 422 g/mol. The molecule has 3 aliphatic rings. The van der Waals surface area contributed by atoms with Crippen LogP contribution in [0.4, 0.5) is 10.1 Å². The zero-order chi connectivity index (χ0) is 21.5. The molecule has 162 valence electrons. The van der Waals surface area contributed by atoms with Gasteiger partial charge in [-0.3, -0.25) is 9.59 Å². The van der Waals surface area contributed by atoms with Crippen LogP contribution in [0.15, 0.2) is 18.2 Å². The lowest BCUT2D eigenvalue weighted by Gasteiger charge is -2.32. The van der Waals surface area contributed by atoms with Crippen molar-refractivity contribution in [1.82, 2.24) is 14.8 Å². The Hall–Kier alpha value is -2.93. The van der Waals surface area contributed by atoms with Crippen molar-refractivity contribution < 1.29 is 14.0 Å². The second-order valence-corrected chi connectivity index (χ2v) is 8.66. The molecule has 3 aliphatic heterocycles. The summed E-state index contributed by atoms with van der Waals surface area (Å²) in [6, 6.07) is 4.27. The molecule has 0 unspecified atom stereocenters. The summed E-state index contributed by atoms with van der Waals surface area (Å²) >= 11 is 0. The summed E-state index contributed by atoms with van der Waals surface area (Å²) in [5.74, 6) is -0.593. The first-order chi connectivity index (χ1) is 15.0. The average Bonchev–Trinajstić information content (AvgIpc) is 3.25. The zero-order valence-corrected chi connectivity index (χ0v) is 17.8. The number of halogens is 1. The van der Waals surface area contributed by atoms with Gasteiger partial charge in [-0.05, 0) is 62.7 Å². The highest BCUT2D eigenvalue weighted by molar-refractivity contribution is 6.34. The third-order valence-corrected chi connectivity index (χ3v) is 6.69. The van der Waals surface area contributed by atoms with Crippen molar-refractivity contribution >= 4 is 29.2 Å². The van der Waals surface area contributed by atoms with Crippen LogP contribution in [-0.4, -0.2) is 59.3 Å². The number of rotatable bonds is 4. The van der Waals surface area contributed by atoms with Gasteiger partial charge in [0, 0.05) is 48.7 Å². The fourth-order valence-electron chi connectivity index (χ4n) is 4.91. The summed E-state index contributed by atoms with van der Waals surface area (Å²) in [6.45, 7) is 6.52. The molecule has 2 N–H and O–H groups in total. The minimum absolute atomic E-state index is 0.0546. The van der Waals surface area contributed by atoms with Crippen LogP contribution in [0, 0.1) is 12.7 Å². The Morgan fingerprint density at radius 2 is 1.90 bits per heavy atom. The second kappa shape index (κ2) is 7.96. The van der Waals surface area contributed by atoms with Gasteiger partial charge >= 0.3 is 0 Å². The van der Waals surface area contributed by atoms with Gasteiger partial charge in [0.05, 0.1) is 11.1 Å². The van der Waals surface area contributed by atoms with Crippen molar-refractivity contribution in [1.29, 1.82) is 0 Å². The maximum atomic E-state index is 13.7. The standard InChI is InChI=1S/C24H27FN4O2/c1-15-21(14-18-17-13-16(25)5-6-19(17)27-23(18)30)26-20-7-10-29(24(31)22(15)20)12-11-28-8-3-2-4-9-28/h5-6,13-14,26H,2-4,7-12H2,1H3,(H,27,30)/b18-14-. The summed E-state index contributed by atoms with van der Waals surface area (Å²) < 4.78 is 13.7. The first-order valence-corrected chi connectivity index (χ1v) is 11.1. The number of aromatic nitrogens is 1. The van der Waals surface area contributed by atoms with Crippen molar-refractivity contribution in [3.8, 4) is 0 Å². The molecule has 1 aromatic heterocycles. The smallest absolute Gasteiger partial charge is 0.256 e. The second-order valence-electron chi connectivity index (χ2n) is 8.66. The summed E-state index contributed by atoms with van der Waals surface area (Å²) in [4.78, 5) is 33.4. The molecule has 6 nitrogen and oxygen atoms in total. The van der Waals surface area contributed by atoms with E-state index in [0.717, 1.165) is 55.1 Å². The van der Waals surface area contributed by atoms with E-state index in [1.54, 1.807) is 12.1 Å². The first-order valence-electron chi connectivity index (χ1n) is 11.1. The van der Waals surface area contributed by atoms with Crippen LogP contribution in [0.2, 0.25) is 0 Å². The van der Waals surface area contributed by atoms with Gasteiger partial charge in [-0.25, -0.2) is 4.39 Å². The van der Waals surface area contributed by atoms with Gasteiger partial charge in [0.25, 0.3) is 11.8 Å². The van der Waals surface area contributed by atoms with E-state index in [1.165, 1.54) is 31.4 Å². The maximum Gasteiger partial charge on any atom is 0.256 e. The summed E-state index contributed by atoms with van der Waals surface area (Å²) in [6.07, 6.45) is 6.29. The van der Waals surface area contributed by atoms with Gasteiger partial charge in [-0.2, -0.15) is 0 Å². The molecule has 0 atom stereocenters. The van der Waals surface area contributed by atoms with Crippen LogP contribution in [0.1, 0.15) is 52.1 Å². The SMILES string of the molecule is Cc1c(/C=C2\C(=O)Nc3ccc(F)cc32)[nH]c2c1C(=O)N(CCN1CCCCC1)CC2. The minimum atomic E-state index is -0.386. The average molecular weight is 423 g/mol. The normalized spacial score (nSPS) is 20.2. The highest BCUT2D eigenvalue weighted by atomic mass is 19.1. The third kappa shape index (κ3) is 3.67. The molecule has 0 spiro atoms. The van der Waals surface area contributed by atoms with Crippen LogP contribution in [-0.2, 0) is 11.2 Å². The molecule has 2 amide bonds. The topological polar surface area (TPSA) is 68.4 Å². The molecule has 0 saturated carbocycles. The third-order valence-electron chi connectivity index (χ3n) is 6.69. The van der Waals surface area contributed by atoms with Crippen LogP contribution >= 0.6 is 0 Å². The molecule has 4 heterocycles. The number of anilines is 1. The number of H-pyrrole nitrogens is 1. The van der Waals surface area contributed by atoms with Crippen LogP contribution in [0.25, 0.3) is 11.6 Å². The van der Waals surface area contributed by atoms with Gasteiger partial charge in [0.2, 0.25) is 0 Å². The molecule has 0 aliphatic carbocycles. The number of nitrogens with zero attached hydrogens (tertiary/aromatic N) is 2. The van der Waals surface area contributed by atoms with E-state index in [4.69, 9.17) is 0 Å². The van der Waals surface area contributed by atoms with Crippen molar-refractivity contribution in [3.63, 3.8) is 0 Å². The van der Waals surface area contributed by atoms with E-state index >= 15 is 0 Å². The number of carbonyl (C=O) groups is 2. The molecule has 7 heteroatoms. The quantitative estimate of drug-likeness (QED) is 0.742. The van der Waals surface area contributed by atoms with E-state index in [0.29, 0.717) is 23.4 Å². The van der Waals surface area contributed by atoms with Crippen LogP contribution in [0.3, 0.4) is 0 Å². The summed E-state index contributed by atoms with van der Waals surface area (Å²) in [5, 5.41) is 2.77. The molecule has 5 rings (SSSR count). The lowest BCUT2D eigenvalue weighted by molar-refractivity contribution is -0.110. The molecule has 2 aromatic rings. The van der Waals surface area contributed by atoms with Crippen LogP contribution < -0.4 is 5.32 Å². The van der Waals surface area contributed by atoms with Crippen LogP contribution in [0.5, 0.6) is 0 Å². The molecule has 1 fully saturated rings. The summed E-state index contributed by atoms with van der Waals surface area (Å²) in [5.41, 5.74) is 4.77. The van der Waals surface area contributed by atoms with E-state index in [2.05, 4.69) is 15.2 Å². The molecule has 0 radical (unpaired) electrons. The molecule has 0 bridgehead atoms. The Labute approximate surface area is 181 Å².